The number of amides is 2. The third-order valence-electron chi connectivity index (χ3n) is 3.50. The zero-order valence-electron chi connectivity index (χ0n) is 12.7. The molecule has 3 rings (SSSR count). The maximum Gasteiger partial charge on any atom is 0.270 e. The number of pyridine rings is 1. The molecule has 0 spiro atoms. The number of thiocarbonyl (C=S) groups is 1. The maximum atomic E-state index is 12.8. The Kier molecular flexibility index (Phi) is 4.42. The van der Waals surface area contributed by atoms with E-state index in [0.29, 0.717) is 10.7 Å². The summed E-state index contributed by atoms with van der Waals surface area (Å²) in [5.74, 6) is -0.984. The molecule has 1 aromatic heterocycles. The zero-order valence-corrected chi connectivity index (χ0v) is 14.3. The largest absolute Gasteiger partial charge is 0.298 e. The van der Waals surface area contributed by atoms with Crippen molar-refractivity contribution < 1.29 is 14.2 Å². The van der Waals surface area contributed by atoms with Gasteiger partial charge >= 0.3 is 0 Å². The lowest BCUT2D eigenvalue weighted by Crippen LogP contribution is -2.54. The van der Waals surface area contributed by atoms with Crippen LogP contribution in [0.4, 0.5) is 5.69 Å². The fraction of sp³-hybridized carbons (Fsp3) is 0.0588. The monoisotopic (exact) mass is 358 g/mol. The van der Waals surface area contributed by atoms with E-state index in [4.69, 9.17) is 23.8 Å². The minimum atomic E-state index is -0.511. The topological polar surface area (TPSA) is 53.3 Å². The Balaban J connectivity index is 1.99. The van der Waals surface area contributed by atoms with E-state index in [9.17, 15) is 9.59 Å². The molecule has 1 aliphatic heterocycles. The molecule has 0 atom stereocenters. The van der Waals surface area contributed by atoms with E-state index in [-0.39, 0.29) is 10.7 Å². The highest BCUT2D eigenvalue weighted by atomic mass is 35.5. The van der Waals surface area contributed by atoms with Gasteiger partial charge in [-0.15, -0.1) is 0 Å². The van der Waals surface area contributed by atoms with E-state index in [1.165, 1.54) is 4.90 Å². The van der Waals surface area contributed by atoms with Gasteiger partial charge in [0.05, 0.1) is 5.69 Å². The van der Waals surface area contributed by atoms with Crippen LogP contribution in [0, 0.1) is 0 Å². The van der Waals surface area contributed by atoms with Crippen LogP contribution < -0.4 is 14.8 Å². The molecule has 2 aromatic rings. The van der Waals surface area contributed by atoms with Gasteiger partial charge in [0.25, 0.3) is 11.8 Å². The molecule has 1 N–H and O–H groups in total. The van der Waals surface area contributed by atoms with Crippen LogP contribution in [0.1, 0.15) is 5.56 Å². The van der Waals surface area contributed by atoms with E-state index in [2.05, 4.69) is 5.32 Å². The molecule has 1 aromatic carbocycles. The smallest absolute Gasteiger partial charge is 0.270 e. The van der Waals surface area contributed by atoms with Gasteiger partial charge in [-0.1, -0.05) is 11.6 Å². The molecular weight excluding hydrogens is 346 g/mol. The Morgan fingerprint density at radius 2 is 1.75 bits per heavy atom. The molecular formula is C17H13ClN3O2S+. The summed E-state index contributed by atoms with van der Waals surface area (Å²) in [6.07, 6.45) is 5.21. The van der Waals surface area contributed by atoms with Gasteiger partial charge in [-0.25, -0.2) is 4.57 Å². The number of halogens is 1. The molecule has 1 fully saturated rings. The Morgan fingerprint density at radius 1 is 1.12 bits per heavy atom. The van der Waals surface area contributed by atoms with Crippen LogP contribution in [0.3, 0.4) is 0 Å². The molecule has 2 amide bonds. The first-order valence-electron chi connectivity index (χ1n) is 7.08. The molecule has 0 bridgehead atoms. The van der Waals surface area contributed by atoms with Crippen LogP contribution in [0.5, 0.6) is 0 Å². The summed E-state index contributed by atoms with van der Waals surface area (Å²) in [6.45, 7) is 0. The lowest BCUT2D eigenvalue weighted by molar-refractivity contribution is -0.671. The molecule has 2 heterocycles. The molecule has 7 heteroatoms. The number of nitrogens with one attached hydrogen (secondary N) is 1. The summed E-state index contributed by atoms with van der Waals surface area (Å²) in [5, 5.41) is 3.14. The summed E-state index contributed by atoms with van der Waals surface area (Å²) in [6, 6.07) is 10.3. The molecule has 0 radical (unpaired) electrons. The second-order valence-electron chi connectivity index (χ2n) is 5.23. The van der Waals surface area contributed by atoms with E-state index < -0.39 is 11.8 Å². The number of benzene rings is 1. The second-order valence-corrected chi connectivity index (χ2v) is 6.05. The number of nitrogens with zero attached hydrogens (tertiary/aromatic N) is 2. The molecule has 24 heavy (non-hydrogen) atoms. The Hall–Kier alpha value is -2.57. The van der Waals surface area contributed by atoms with Crippen molar-refractivity contribution in [1.29, 1.82) is 0 Å². The average Bonchev–Trinajstić information content (AvgIpc) is 2.55. The normalized spacial score (nSPS) is 16.5. The van der Waals surface area contributed by atoms with Gasteiger partial charge in [-0.05, 0) is 48.1 Å². The van der Waals surface area contributed by atoms with Crippen LogP contribution in [0.15, 0.2) is 54.4 Å². The van der Waals surface area contributed by atoms with Crippen LogP contribution in [-0.2, 0) is 16.6 Å². The molecule has 0 unspecified atom stereocenters. The van der Waals surface area contributed by atoms with Gasteiger partial charge in [-0.3, -0.25) is 19.8 Å². The number of aromatic nitrogens is 1. The van der Waals surface area contributed by atoms with Gasteiger partial charge < -0.3 is 0 Å². The quantitative estimate of drug-likeness (QED) is 0.386. The van der Waals surface area contributed by atoms with Gasteiger partial charge in [0.15, 0.2) is 17.5 Å². The first-order chi connectivity index (χ1) is 11.5. The second kappa shape index (κ2) is 6.51. The minimum absolute atomic E-state index is 0.0207. The first-order valence-corrected chi connectivity index (χ1v) is 7.86. The summed E-state index contributed by atoms with van der Waals surface area (Å²) in [7, 11) is 1.89. The SMILES string of the molecule is C[n+]1ccc(/C=C2\C(=O)NC(=S)N(c3ccc(Cl)cc3)C2=O)cc1. The fourth-order valence-electron chi connectivity index (χ4n) is 2.26. The third-order valence-corrected chi connectivity index (χ3v) is 4.04. The first kappa shape index (κ1) is 16.3. The minimum Gasteiger partial charge on any atom is -0.298 e. The predicted octanol–water partition coefficient (Wildman–Crippen LogP) is 2.00. The number of carbonyl (C=O) groups excluding carboxylic acids is 2. The van der Waals surface area contributed by atoms with Crippen LogP contribution >= 0.6 is 23.8 Å². The highest BCUT2D eigenvalue weighted by Crippen LogP contribution is 2.23. The lowest BCUT2D eigenvalue weighted by atomic mass is 10.1. The Bertz CT molecular complexity index is 860. The number of rotatable bonds is 2. The van der Waals surface area contributed by atoms with Crippen LogP contribution in [-0.4, -0.2) is 16.9 Å². The molecule has 1 saturated heterocycles. The molecule has 5 nitrogen and oxygen atoms in total. The van der Waals surface area contributed by atoms with Crippen molar-refractivity contribution in [3.63, 3.8) is 0 Å². The van der Waals surface area contributed by atoms with E-state index in [0.717, 1.165) is 5.56 Å². The standard InChI is InChI=1S/C17H12ClN3O2S/c1-20-8-6-11(7-9-20)10-14-15(22)19-17(24)21(16(14)23)13-4-2-12(18)3-5-13/h2-10H,1H3/p+1/b14-10+. The molecule has 120 valence electrons. The number of anilines is 1. The van der Waals surface area contributed by atoms with E-state index >= 15 is 0 Å². The van der Waals surface area contributed by atoms with Crippen LogP contribution in [0.2, 0.25) is 5.02 Å². The van der Waals surface area contributed by atoms with E-state index in [1.54, 1.807) is 30.3 Å². The average molecular weight is 359 g/mol. The van der Waals surface area contributed by atoms with Gasteiger partial charge in [0, 0.05) is 17.2 Å². The van der Waals surface area contributed by atoms with Gasteiger partial charge in [0.1, 0.15) is 12.6 Å². The maximum absolute atomic E-state index is 12.8. The van der Waals surface area contributed by atoms with Crippen molar-refractivity contribution in [2.45, 2.75) is 0 Å². The van der Waals surface area contributed by atoms with Crippen molar-refractivity contribution in [2.75, 3.05) is 4.90 Å². The Morgan fingerprint density at radius 3 is 2.38 bits per heavy atom. The van der Waals surface area contributed by atoms with Crippen LogP contribution in [0.25, 0.3) is 6.08 Å². The van der Waals surface area contributed by atoms with Gasteiger partial charge in [-0.2, -0.15) is 0 Å². The fourth-order valence-corrected chi connectivity index (χ4v) is 2.66. The number of hydrogen-bond acceptors (Lipinski definition) is 3. The molecule has 0 saturated carbocycles. The summed E-state index contributed by atoms with van der Waals surface area (Å²) in [4.78, 5) is 26.2. The number of hydrogen-bond donors (Lipinski definition) is 1. The highest BCUT2D eigenvalue weighted by molar-refractivity contribution is 7.80. The van der Waals surface area contributed by atoms with Crippen molar-refractivity contribution in [2.24, 2.45) is 7.05 Å². The highest BCUT2D eigenvalue weighted by Gasteiger charge is 2.34. The summed E-state index contributed by atoms with van der Waals surface area (Å²) < 4.78 is 1.86. The molecule has 0 aliphatic carbocycles. The molecule has 1 aliphatic rings. The Labute approximate surface area is 149 Å². The van der Waals surface area contributed by atoms with E-state index in [1.807, 2.05) is 36.1 Å². The zero-order chi connectivity index (χ0) is 17.3. The third kappa shape index (κ3) is 3.20. The number of carbonyl (C=O) groups is 2. The lowest BCUT2D eigenvalue weighted by Gasteiger charge is -2.28. The van der Waals surface area contributed by atoms with Gasteiger partial charge in [0.2, 0.25) is 0 Å². The van der Waals surface area contributed by atoms with Crippen molar-refractivity contribution in [1.82, 2.24) is 5.32 Å². The van der Waals surface area contributed by atoms with Crippen molar-refractivity contribution in [3.05, 3.63) is 65.0 Å². The summed E-state index contributed by atoms with van der Waals surface area (Å²) >= 11 is 11.0. The van der Waals surface area contributed by atoms with Crippen molar-refractivity contribution >= 4 is 52.5 Å². The van der Waals surface area contributed by atoms with Crippen molar-refractivity contribution in [3.8, 4) is 0 Å². The predicted molar refractivity (Wildman–Crippen MR) is 95.3 cm³/mol. The summed E-state index contributed by atoms with van der Waals surface area (Å²) in [5.41, 5.74) is 1.31. The number of aryl methyl sites for hydroxylation is 1.